The maximum Gasteiger partial charge on any atom is 0.191 e. The Balaban J connectivity index is 0.00000392. The molecular weight excluding hydrogens is 471 g/mol. The van der Waals surface area contributed by atoms with Crippen LogP contribution in [-0.2, 0) is 16.0 Å². The summed E-state index contributed by atoms with van der Waals surface area (Å²) in [7, 11) is 1.70. The third-order valence-corrected chi connectivity index (χ3v) is 4.29. The Hall–Kier alpha value is -1.10. The Morgan fingerprint density at radius 3 is 2.75 bits per heavy atom. The van der Waals surface area contributed by atoms with Gasteiger partial charge in [-0.3, -0.25) is 4.90 Å². The molecule has 1 aliphatic rings. The molecule has 7 nitrogen and oxygen atoms in total. The van der Waals surface area contributed by atoms with Crippen molar-refractivity contribution in [2.75, 3.05) is 59.7 Å². The number of benzene rings is 1. The number of guanidine groups is 1. The van der Waals surface area contributed by atoms with Gasteiger partial charge in [-0.1, -0.05) is 18.2 Å². The van der Waals surface area contributed by atoms with Gasteiger partial charge in [-0.25, -0.2) is 4.99 Å². The number of ether oxygens (including phenoxy) is 3. The molecule has 0 aliphatic carbocycles. The number of nitrogens with zero attached hydrogens (tertiary/aromatic N) is 2. The molecule has 2 N–H and O–H groups in total. The van der Waals surface area contributed by atoms with Crippen LogP contribution < -0.4 is 15.4 Å². The van der Waals surface area contributed by atoms with E-state index in [1.54, 1.807) is 7.11 Å². The monoisotopic (exact) mass is 506 g/mol. The summed E-state index contributed by atoms with van der Waals surface area (Å²) in [5, 5.41) is 6.62. The molecule has 1 unspecified atom stereocenters. The van der Waals surface area contributed by atoms with E-state index in [1.807, 2.05) is 18.2 Å². The smallest absolute Gasteiger partial charge is 0.191 e. The van der Waals surface area contributed by atoms with Gasteiger partial charge in [-0.05, 0) is 19.9 Å². The van der Waals surface area contributed by atoms with Crippen molar-refractivity contribution in [3.8, 4) is 5.75 Å². The van der Waals surface area contributed by atoms with Crippen LogP contribution in [0.3, 0.4) is 0 Å². The van der Waals surface area contributed by atoms with Gasteiger partial charge in [0.15, 0.2) is 5.96 Å². The Morgan fingerprint density at radius 2 is 2.04 bits per heavy atom. The summed E-state index contributed by atoms with van der Waals surface area (Å²) in [6.45, 7) is 11.3. The number of nitrogens with one attached hydrogen (secondary N) is 2. The fraction of sp³-hybridized carbons (Fsp3) is 0.650. The van der Waals surface area contributed by atoms with Gasteiger partial charge >= 0.3 is 0 Å². The minimum Gasteiger partial charge on any atom is -0.492 e. The number of para-hydroxylation sites is 1. The molecule has 0 spiro atoms. The minimum atomic E-state index is 0. The van der Waals surface area contributed by atoms with Crippen LogP contribution >= 0.6 is 24.0 Å². The highest BCUT2D eigenvalue weighted by Crippen LogP contribution is 2.19. The SMILES string of the molecule is CCNC(=NCc1ccccc1OCCN1CCOCC1)NC(C)COC.I. The molecule has 1 heterocycles. The Morgan fingerprint density at radius 1 is 1.29 bits per heavy atom. The van der Waals surface area contributed by atoms with E-state index >= 15 is 0 Å². The summed E-state index contributed by atoms with van der Waals surface area (Å²) in [5.41, 5.74) is 1.08. The lowest BCUT2D eigenvalue weighted by molar-refractivity contribution is 0.0322. The average molecular weight is 506 g/mol. The maximum absolute atomic E-state index is 6.04. The first-order chi connectivity index (χ1) is 13.2. The Labute approximate surface area is 186 Å². The minimum absolute atomic E-state index is 0. The van der Waals surface area contributed by atoms with E-state index in [4.69, 9.17) is 19.2 Å². The van der Waals surface area contributed by atoms with Gasteiger partial charge in [-0.2, -0.15) is 0 Å². The van der Waals surface area contributed by atoms with Crippen molar-refractivity contribution in [2.45, 2.75) is 26.4 Å². The van der Waals surface area contributed by atoms with Crippen LogP contribution in [0.2, 0.25) is 0 Å². The summed E-state index contributed by atoms with van der Waals surface area (Å²) in [6, 6.07) is 8.29. The fourth-order valence-electron chi connectivity index (χ4n) is 2.89. The quantitative estimate of drug-likeness (QED) is 0.288. The van der Waals surface area contributed by atoms with Crippen molar-refractivity contribution in [1.29, 1.82) is 0 Å². The molecule has 28 heavy (non-hydrogen) atoms. The Bertz CT molecular complexity index is 568. The average Bonchev–Trinajstić information content (AvgIpc) is 2.68. The zero-order chi connectivity index (χ0) is 19.3. The lowest BCUT2D eigenvalue weighted by atomic mass is 10.2. The summed E-state index contributed by atoms with van der Waals surface area (Å²) in [5.74, 6) is 1.68. The number of halogens is 1. The third kappa shape index (κ3) is 9.40. The molecule has 1 aromatic rings. The molecule has 0 amide bonds. The summed E-state index contributed by atoms with van der Waals surface area (Å²) in [4.78, 5) is 7.07. The molecule has 0 aromatic heterocycles. The predicted octanol–water partition coefficient (Wildman–Crippen LogP) is 2.11. The molecular formula is C20H35IN4O3. The first-order valence-electron chi connectivity index (χ1n) is 9.77. The van der Waals surface area contributed by atoms with Crippen molar-refractivity contribution in [3.05, 3.63) is 29.8 Å². The van der Waals surface area contributed by atoms with E-state index in [9.17, 15) is 0 Å². The van der Waals surface area contributed by atoms with Gasteiger partial charge in [0, 0.05) is 44.9 Å². The largest absolute Gasteiger partial charge is 0.492 e. The molecule has 0 radical (unpaired) electrons. The molecule has 160 valence electrons. The maximum atomic E-state index is 6.04. The van der Waals surface area contributed by atoms with Gasteiger partial charge in [0.25, 0.3) is 0 Å². The topological polar surface area (TPSA) is 67.4 Å². The van der Waals surface area contributed by atoms with Crippen molar-refractivity contribution in [3.63, 3.8) is 0 Å². The predicted molar refractivity (Wildman–Crippen MR) is 124 cm³/mol. The van der Waals surface area contributed by atoms with Gasteiger partial charge < -0.3 is 24.8 Å². The molecule has 1 saturated heterocycles. The van der Waals surface area contributed by atoms with Gasteiger partial charge in [0.1, 0.15) is 12.4 Å². The number of rotatable bonds is 10. The second-order valence-electron chi connectivity index (χ2n) is 6.61. The van der Waals surface area contributed by atoms with Gasteiger partial charge in [0.05, 0.1) is 26.4 Å². The number of aliphatic imine (C=N–C) groups is 1. The third-order valence-electron chi connectivity index (χ3n) is 4.29. The van der Waals surface area contributed by atoms with E-state index in [2.05, 4.69) is 35.4 Å². The van der Waals surface area contributed by atoms with E-state index in [0.717, 1.165) is 56.7 Å². The summed E-state index contributed by atoms with van der Waals surface area (Å²) in [6.07, 6.45) is 0. The van der Waals surface area contributed by atoms with E-state index in [-0.39, 0.29) is 30.0 Å². The fourth-order valence-corrected chi connectivity index (χ4v) is 2.89. The van der Waals surface area contributed by atoms with Crippen LogP contribution in [0.15, 0.2) is 29.3 Å². The highest BCUT2D eigenvalue weighted by molar-refractivity contribution is 14.0. The van der Waals surface area contributed by atoms with Crippen molar-refractivity contribution >= 4 is 29.9 Å². The van der Waals surface area contributed by atoms with Crippen LogP contribution in [0.5, 0.6) is 5.75 Å². The Kier molecular flexibility index (Phi) is 13.2. The lowest BCUT2D eigenvalue weighted by Crippen LogP contribution is -2.43. The molecule has 0 bridgehead atoms. The van der Waals surface area contributed by atoms with Crippen LogP contribution in [0.4, 0.5) is 0 Å². The number of morpholine rings is 1. The molecule has 8 heteroatoms. The first-order valence-corrected chi connectivity index (χ1v) is 9.77. The molecule has 1 aliphatic heterocycles. The van der Waals surface area contributed by atoms with Crippen molar-refractivity contribution in [2.24, 2.45) is 4.99 Å². The summed E-state index contributed by atoms with van der Waals surface area (Å²) >= 11 is 0. The second kappa shape index (κ2) is 14.8. The van der Waals surface area contributed by atoms with E-state index in [1.165, 1.54) is 0 Å². The highest BCUT2D eigenvalue weighted by Gasteiger charge is 2.11. The molecule has 1 aromatic carbocycles. The number of methoxy groups -OCH3 is 1. The van der Waals surface area contributed by atoms with Crippen LogP contribution in [0.25, 0.3) is 0 Å². The number of hydrogen-bond acceptors (Lipinski definition) is 5. The van der Waals surface area contributed by atoms with Gasteiger partial charge in [-0.15, -0.1) is 24.0 Å². The van der Waals surface area contributed by atoms with Crippen LogP contribution in [0, 0.1) is 0 Å². The van der Waals surface area contributed by atoms with Gasteiger partial charge in [0.2, 0.25) is 0 Å². The zero-order valence-electron chi connectivity index (χ0n) is 17.3. The number of hydrogen-bond donors (Lipinski definition) is 2. The zero-order valence-corrected chi connectivity index (χ0v) is 19.6. The van der Waals surface area contributed by atoms with Crippen LogP contribution in [-0.4, -0.2) is 76.6 Å². The van der Waals surface area contributed by atoms with Crippen LogP contribution in [0.1, 0.15) is 19.4 Å². The highest BCUT2D eigenvalue weighted by atomic mass is 127. The van der Waals surface area contributed by atoms with Crippen molar-refractivity contribution in [1.82, 2.24) is 15.5 Å². The normalized spacial score (nSPS) is 16.2. The standard InChI is InChI=1S/C20H34N4O3.HI/c1-4-21-20(23-17(2)16-25-3)22-15-18-7-5-6-8-19(18)27-14-11-24-9-12-26-13-10-24;/h5-8,17H,4,9-16H2,1-3H3,(H2,21,22,23);1H. The molecule has 1 atom stereocenters. The molecule has 2 rings (SSSR count). The molecule has 1 fully saturated rings. The second-order valence-corrected chi connectivity index (χ2v) is 6.61. The molecule has 0 saturated carbocycles. The van der Waals surface area contributed by atoms with E-state index in [0.29, 0.717) is 19.8 Å². The van der Waals surface area contributed by atoms with Crippen molar-refractivity contribution < 1.29 is 14.2 Å². The summed E-state index contributed by atoms with van der Waals surface area (Å²) < 4.78 is 16.6. The first kappa shape index (κ1) is 24.9. The lowest BCUT2D eigenvalue weighted by Gasteiger charge is -2.26. The van der Waals surface area contributed by atoms with E-state index < -0.39 is 0 Å².